The second-order valence-corrected chi connectivity index (χ2v) is 8.73. The standard InChI is InChI=1S/C18H21N7O3S/c1-25-10-12(9-21-25)8-20-18(26)23-14-5-3-13(4-6-14)17-22-15(7-16(19)24-17)11-29(2,27)28/h3-7,9-10H,8,11H2,1-2H3,(H2,19,22,24)(H2,20,23,26). The average Bonchev–Trinajstić information content (AvgIpc) is 3.04. The van der Waals surface area contributed by atoms with Crippen molar-refractivity contribution in [3.63, 3.8) is 0 Å². The van der Waals surface area contributed by atoms with Crippen molar-refractivity contribution >= 4 is 27.4 Å². The van der Waals surface area contributed by atoms with Crippen LogP contribution in [-0.2, 0) is 29.2 Å². The van der Waals surface area contributed by atoms with E-state index in [4.69, 9.17) is 5.73 Å². The molecule has 3 rings (SSSR count). The van der Waals surface area contributed by atoms with Crippen molar-refractivity contribution in [1.82, 2.24) is 25.1 Å². The van der Waals surface area contributed by atoms with Gasteiger partial charge < -0.3 is 16.4 Å². The highest BCUT2D eigenvalue weighted by Crippen LogP contribution is 2.20. The number of nitrogens with two attached hydrogens (primary N) is 1. The van der Waals surface area contributed by atoms with Gasteiger partial charge in [-0.25, -0.2) is 23.2 Å². The first kappa shape index (κ1) is 20.3. The molecule has 0 spiro atoms. The van der Waals surface area contributed by atoms with Gasteiger partial charge in [-0.05, 0) is 24.3 Å². The first-order chi connectivity index (χ1) is 13.7. The molecule has 152 valence electrons. The van der Waals surface area contributed by atoms with E-state index < -0.39 is 9.84 Å². The van der Waals surface area contributed by atoms with Crippen molar-refractivity contribution in [2.45, 2.75) is 12.3 Å². The normalized spacial score (nSPS) is 11.2. The van der Waals surface area contributed by atoms with Gasteiger partial charge in [0.05, 0.1) is 17.6 Å². The zero-order valence-electron chi connectivity index (χ0n) is 16.0. The molecule has 2 amide bonds. The molecule has 2 aromatic heterocycles. The number of anilines is 2. The molecule has 0 unspecified atom stereocenters. The number of carbonyl (C=O) groups excluding carboxylic acids is 1. The summed E-state index contributed by atoms with van der Waals surface area (Å²) in [5.74, 6) is 0.283. The minimum atomic E-state index is -3.24. The highest BCUT2D eigenvalue weighted by Gasteiger charge is 2.11. The van der Waals surface area contributed by atoms with E-state index >= 15 is 0 Å². The molecule has 0 fully saturated rings. The lowest BCUT2D eigenvalue weighted by atomic mass is 10.2. The van der Waals surface area contributed by atoms with Crippen LogP contribution in [0.25, 0.3) is 11.4 Å². The number of amides is 2. The number of hydrogen-bond donors (Lipinski definition) is 3. The van der Waals surface area contributed by atoms with Crippen LogP contribution < -0.4 is 16.4 Å². The Morgan fingerprint density at radius 3 is 2.55 bits per heavy atom. The molecule has 1 aromatic carbocycles. The minimum absolute atomic E-state index is 0.186. The maximum atomic E-state index is 12.0. The van der Waals surface area contributed by atoms with Gasteiger partial charge in [0.2, 0.25) is 0 Å². The van der Waals surface area contributed by atoms with Crippen molar-refractivity contribution in [3.8, 4) is 11.4 Å². The predicted molar refractivity (Wildman–Crippen MR) is 109 cm³/mol. The summed E-state index contributed by atoms with van der Waals surface area (Å²) >= 11 is 0. The number of urea groups is 1. The minimum Gasteiger partial charge on any atom is -0.384 e. The summed E-state index contributed by atoms with van der Waals surface area (Å²) in [6.07, 6.45) is 4.63. The third-order valence-corrected chi connectivity index (χ3v) is 4.64. The summed E-state index contributed by atoms with van der Waals surface area (Å²) in [6, 6.07) is 7.92. The first-order valence-electron chi connectivity index (χ1n) is 8.62. The molecule has 0 saturated heterocycles. The van der Waals surface area contributed by atoms with E-state index in [2.05, 4.69) is 25.7 Å². The number of carbonyl (C=O) groups is 1. The van der Waals surface area contributed by atoms with Gasteiger partial charge in [-0.15, -0.1) is 0 Å². The van der Waals surface area contributed by atoms with Crippen molar-refractivity contribution in [3.05, 3.63) is 54.0 Å². The predicted octanol–water partition coefficient (Wildman–Crippen LogP) is 1.33. The van der Waals surface area contributed by atoms with E-state index in [1.54, 1.807) is 42.2 Å². The molecule has 11 heteroatoms. The van der Waals surface area contributed by atoms with E-state index in [0.29, 0.717) is 29.3 Å². The van der Waals surface area contributed by atoms with Crippen LogP contribution in [0, 0.1) is 0 Å². The van der Waals surface area contributed by atoms with Crippen LogP contribution in [0.15, 0.2) is 42.7 Å². The lowest BCUT2D eigenvalue weighted by Gasteiger charge is -2.08. The molecule has 0 aliphatic carbocycles. The van der Waals surface area contributed by atoms with Gasteiger partial charge in [0, 0.05) is 48.9 Å². The maximum Gasteiger partial charge on any atom is 0.319 e. The Hall–Kier alpha value is -3.47. The topological polar surface area (TPSA) is 145 Å². The molecule has 0 radical (unpaired) electrons. The van der Waals surface area contributed by atoms with Crippen molar-refractivity contribution < 1.29 is 13.2 Å². The number of aromatic nitrogens is 4. The van der Waals surface area contributed by atoms with E-state index in [9.17, 15) is 13.2 Å². The van der Waals surface area contributed by atoms with Gasteiger partial charge in [-0.3, -0.25) is 4.68 Å². The summed E-state index contributed by atoms with van der Waals surface area (Å²) in [4.78, 5) is 20.4. The number of benzene rings is 1. The molecule has 0 saturated carbocycles. The monoisotopic (exact) mass is 415 g/mol. The van der Waals surface area contributed by atoms with Gasteiger partial charge >= 0.3 is 6.03 Å². The van der Waals surface area contributed by atoms with Crippen molar-refractivity contribution in [2.75, 3.05) is 17.3 Å². The van der Waals surface area contributed by atoms with Crippen molar-refractivity contribution in [1.29, 1.82) is 0 Å². The van der Waals surface area contributed by atoms with Crippen LogP contribution in [-0.4, -0.2) is 40.5 Å². The Bertz CT molecular complexity index is 1120. The largest absolute Gasteiger partial charge is 0.384 e. The summed E-state index contributed by atoms with van der Waals surface area (Å²) < 4.78 is 24.7. The lowest BCUT2D eigenvalue weighted by Crippen LogP contribution is -2.28. The van der Waals surface area contributed by atoms with Crippen LogP contribution in [0.4, 0.5) is 16.3 Å². The summed E-state index contributed by atoms with van der Waals surface area (Å²) in [6.45, 7) is 0.359. The number of nitrogens with zero attached hydrogens (tertiary/aromatic N) is 4. The molecular weight excluding hydrogens is 394 g/mol. The van der Waals surface area contributed by atoms with Gasteiger partial charge in [0.1, 0.15) is 5.82 Å². The van der Waals surface area contributed by atoms with Crippen LogP contribution >= 0.6 is 0 Å². The van der Waals surface area contributed by atoms with Gasteiger partial charge in [0.15, 0.2) is 15.7 Å². The number of hydrogen-bond acceptors (Lipinski definition) is 7. The Morgan fingerprint density at radius 1 is 1.21 bits per heavy atom. The molecule has 3 aromatic rings. The second kappa shape index (κ2) is 8.27. The summed E-state index contributed by atoms with van der Waals surface area (Å²) in [5.41, 5.74) is 8.22. The Kier molecular flexibility index (Phi) is 5.78. The van der Waals surface area contributed by atoms with E-state index in [1.807, 2.05) is 6.20 Å². The lowest BCUT2D eigenvalue weighted by molar-refractivity contribution is 0.251. The highest BCUT2D eigenvalue weighted by molar-refractivity contribution is 7.89. The van der Waals surface area contributed by atoms with Crippen molar-refractivity contribution in [2.24, 2.45) is 7.05 Å². The molecule has 0 atom stereocenters. The Balaban J connectivity index is 1.66. The molecule has 0 aliphatic heterocycles. The zero-order chi connectivity index (χ0) is 21.0. The number of aryl methyl sites for hydroxylation is 1. The zero-order valence-corrected chi connectivity index (χ0v) is 16.8. The fourth-order valence-corrected chi connectivity index (χ4v) is 3.30. The van der Waals surface area contributed by atoms with E-state index in [-0.39, 0.29) is 17.6 Å². The van der Waals surface area contributed by atoms with Gasteiger partial charge in [0.25, 0.3) is 0 Å². The van der Waals surface area contributed by atoms with Crippen LogP contribution in [0.2, 0.25) is 0 Å². The number of nitrogens with one attached hydrogen (secondary N) is 2. The second-order valence-electron chi connectivity index (χ2n) is 6.59. The van der Waals surface area contributed by atoms with E-state index in [1.165, 1.54) is 6.07 Å². The smallest absolute Gasteiger partial charge is 0.319 e. The SMILES string of the molecule is Cn1cc(CNC(=O)Nc2ccc(-c3nc(N)cc(CS(C)(=O)=O)n3)cc2)cn1. The first-order valence-corrected chi connectivity index (χ1v) is 10.7. The Labute approximate surface area is 168 Å². The maximum absolute atomic E-state index is 12.0. The van der Waals surface area contributed by atoms with E-state index in [0.717, 1.165) is 11.8 Å². The average molecular weight is 415 g/mol. The van der Waals surface area contributed by atoms with Crippen LogP contribution in [0.3, 0.4) is 0 Å². The van der Waals surface area contributed by atoms with Crippen LogP contribution in [0.1, 0.15) is 11.3 Å². The molecule has 2 heterocycles. The quantitative estimate of drug-likeness (QED) is 0.550. The number of sulfone groups is 1. The van der Waals surface area contributed by atoms with Crippen LogP contribution in [0.5, 0.6) is 0 Å². The fourth-order valence-electron chi connectivity index (χ4n) is 2.61. The molecule has 29 heavy (non-hydrogen) atoms. The van der Waals surface area contributed by atoms with Gasteiger partial charge in [-0.2, -0.15) is 5.10 Å². The Morgan fingerprint density at radius 2 is 1.93 bits per heavy atom. The highest BCUT2D eigenvalue weighted by atomic mass is 32.2. The molecular formula is C18H21N7O3S. The fraction of sp³-hybridized carbons (Fsp3) is 0.222. The molecule has 10 nitrogen and oxygen atoms in total. The van der Waals surface area contributed by atoms with Gasteiger partial charge in [-0.1, -0.05) is 0 Å². The summed E-state index contributed by atoms with van der Waals surface area (Å²) in [5, 5.41) is 9.51. The third kappa shape index (κ3) is 6.01. The molecule has 4 N–H and O–H groups in total. The number of nitrogen functional groups attached to an aromatic ring is 1. The molecule has 0 aliphatic rings. The third-order valence-electron chi connectivity index (χ3n) is 3.82. The summed E-state index contributed by atoms with van der Waals surface area (Å²) in [7, 11) is -1.44. The molecule has 0 bridgehead atoms. The number of rotatable bonds is 6.